The predicted octanol–water partition coefficient (Wildman–Crippen LogP) is 2.95. The average Bonchev–Trinajstić information content (AvgIpc) is 2.55. The van der Waals surface area contributed by atoms with Crippen LogP contribution in [0.15, 0.2) is 24.3 Å². The molecule has 1 saturated heterocycles. The van der Waals surface area contributed by atoms with Crippen LogP contribution in [-0.2, 0) is 4.79 Å². The van der Waals surface area contributed by atoms with E-state index in [0.717, 1.165) is 37.9 Å². The van der Waals surface area contributed by atoms with Crippen LogP contribution in [0.5, 0.6) is 0 Å². The lowest BCUT2D eigenvalue weighted by atomic mass is 9.87. The molecular formula is C18H27ClN2O2. The summed E-state index contributed by atoms with van der Waals surface area (Å²) < 4.78 is 0. The van der Waals surface area contributed by atoms with Crippen molar-refractivity contribution >= 4 is 17.5 Å². The molecule has 1 aliphatic heterocycles. The van der Waals surface area contributed by atoms with E-state index in [2.05, 4.69) is 0 Å². The van der Waals surface area contributed by atoms with E-state index in [4.69, 9.17) is 11.6 Å². The molecule has 1 aromatic carbocycles. The second-order valence-corrected chi connectivity index (χ2v) is 6.98. The van der Waals surface area contributed by atoms with Crippen molar-refractivity contribution in [3.63, 3.8) is 0 Å². The van der Waals surface area contributed by atoms with Crippen LogP contribution >= 0.6 is 11.6 Å². The summed E-state index contributed by atoms with van der Waals surface area (Å²) in [6, 6.07) is 7.32. The Morgan fingerprint density at radius 3 is 2.35 bits per heavy atom. The van der Waals surface area contributed by atoms with E-state index in [0.29, 0.717) is 5.02 Å². The number of aliphatic hydroxyl groups excluding tert-OH is 1. The van der Waals surface area contributed by atoms with Gasteiger partial charge in [0.25, 0.3) is 0 Å². The Bertz CT molecular complexity index is 510. The van der Waals surface area contributed by atoms with Crippen LogP contribution in [0.25, 0.3) is 0 Å². The Morgan fingerprint density at radius 1 is 1.30 bits per heavy atom. The molecule has 4 nitrogen and oxygen atoms in total. The maximum Gasteiger partial charge on any atom is 0.239 e. The molecule has 23 heavy (non-hydrogen) atoms. The summed E-state index contributed by atoms with van der Waals surface area (Å²) >= 11 is 5.90. The minimum atomic E-state index is -0.486. The van der Waals surface area contributed by atoms with Gasteiger partial charge in [0, 0.05) is 18.1 Å². The fraction of sp³-hybridized carbons (Fsp3) is 0.611. The number of hydrogen-bond acceptors (Lipinski definition) is 3. The first-order valence-corrected chi connectivity index (χ1v) is 8.70. The molecule has 0 radical (unpaired) electrons. The number of halogens is 1. The second kappa shape index (κ2) is 8.13. The highest BCUT2D eigenvalue weighted by molar-refractivity contribution is 6.30. The first-order chi connectivity index (χ1) is 10.9. The molecule has 0 aromatic heterocycles. The number of rotatable bonds is 5. The fourth-order valence-corrected chi connectivity index (χ4v) is 3.47. The molecule has 0 spiro atoms. The van der Waals surface area contributed by atoms with Crippen LogP contribution in [0.3, 0.4) is 0 Å². The molecule has 128 valence electrons. The Labute approximate surface area is 144 Å². The maximum atomic E-state index is 12.6. The van der Waals surface area contributed by atoms with Crippen molar-refractivity contribution in [2.75, 3.05) is 27.2 Å². The van der Waals surface area contributed by atoms with Gasteiger partial charge in [-0.2, -0.15) is 0 Å². The number of carbonyl (C=O) groups excluding carboxylic acids is 1. The van der Waals surface area contributed by atoms with E-state index < -0.39 is 6.10 Å². The highest BCUT2D eigenvalue weighted by atomic mass is 35.5. The van der Waals surface area contributed by atoms with Crippen LogP contribution in [0.4, 0.5) is 0 Å². The average molecular weight is 339 g/mol. The van der Waals surface area contributed by atoms with E-state index in [1.165, 1.54) is 0 Å². The molecule has 2 unspecified atom stereocenters. The van der Waals surface area contributed by atoms with Crippen LogP contribution in [-0.4, -0.2) is 54.0 Å². The lowest BCUT2D eigenvalue weighted by molar-refractivity contribution is -0.138. The smallest absolute Gasteiger partial charge is 0.239 e. The molecule has 5 heteroatoms. The van der Waals surface area contributed by atoms with Gasteiger partial charge in [0.05, 0.1) is 12.1 Å². The molecule has 1 fully saturated rings. The number of nitrogens with zero attached hydrogens (tertiary/aromatic N) is 2. The molecule has 2 atom stereocenters. The van der Waals surface area contributed by atoms with Crippen molar-refractivity contribution in [3.8, 4) is 0 Å². The number of piperidine rings is 1. The summed E-state index contributed by atoms with van der Waals surface area (Å²) in [7, 11) is 3.90. The van der Waals surface area contributed by atoms with Gasteiger partial charge in [-0.3, -0.25) is 9.69 Å². The second-order valence-electron chi connectivity index (χ2n) is 6.55. The van der Waals surface area contributed by atoms with E-state index in [9.17, 15) is 9.90 Å². The summed E-state index contributed by atoms with van der Waals surface area (Å²) in [6.07, 6.45) is 2.00. The van der Waals surface area contributed by atoms with Gasteiger partial charge in [-0.1, -0.05) is 30.7 Å². The highest BCUT2D eigenvalue weighted by Gasteiger charge is 2.31. The van der Waals surface area contributed by atoms with Crippen LogP contribution in [0.2, 0.25) is 5.02 Å². The first kappa shape index (κ1) is 18.2. The molecule has 1 aromatic rings. The van der Waals surface area contributed by atoms with Crippen molar-refractivity contribution in [1.29, 1.82) is 0 Å². The lowest BCUT2D eigenvalue weighted by Crippen LogP contribution is -2.48. The molecule has 2 rings (SSSR count). The van der Waals surface area contributed by atoms with Crippen LogP contribution < -0.4 is 0 Å². The molecule has 1 aliphatic rings. The zero-order valence-electron chi connectivity index (χ0n) is 14.2. The zero-order valence-corrected chi connectivity index (χ0v) is 15.0. The van der Waals surface area contributed by atoms with Crippen LogP contribution in [0, 0.1) is 5.92 Å². The SMILES string of the molecule is CCC(C(=O)N1CCC(C(O)c2ccc(Cl)cc2)CC1)N(C)C. The van der Waals surface area contributed by atoms with E-state index in [1.807, 2.05) is 55.1 Å². The van der Waals surface area contributed by atoms with Crippen molar-refractivity contribution in [2.24, 2.45) is 5.92 Å². The predicted molar refractivity (Wildman–Crippen MR) is 93.5 cm³/mol. The minimum Gasteiger partial charge on any atom is -0.388 e. The lowest BCUT2D eigenvalue weighted by Gasteiger charge is -2.37. The molecule has 0 bridgehead atoms. The third kappa shape index (κ3) is 4.46. The third-order valence-electron chi connectivity index (χ3n) is 4.80. The topological polar surface area (TPSA) is 43.8 Å². The van der Waals surface area contributed by atoms with Crippen molar-refractivity contribution in [2.45, 2.75) is 38.3 Å². The van der Waals surface area contributed by atoms with E-state index >= 15 is 0 Å². The van der Waals surface area contributed by atoms with Gasteiger partial charge in [0.15, 0.2) is 0 Å². The van der Waals surface area contributed by atoms with Gasteiger partial charge in [-0.25, -0.2) is 0 Å². The number of benzene rings is 1. The van der Waals surface area contributed by atoms with Gasteiger partial charge in [-0.15, -0.1) is 0 Å². The Morgan fingerprint density at radius 2 is 1.87 bits per heavy atom. The molecule has 1 heterocycles. The number of carbonyl (C=O) groups is 1. The standard InChI is InChI=1S/C18H27ClN2O2/c1-4-16(20(2)3)18(23)21-11-9-14(10-12-21)17(22)13-5-7-15(19)8-6-13/h5-8,14,16-17,22H,4,9-12H2,1-3H3. The summed E-state index contributed by atoms with van der Waals surface area (Å²) in [5, 5.41) is 11.2. The summed E-state index contributed by atoms with van der Waals surface area (Å²) in [4.78, 5) is 16.5. The van der Waals surface area contributed by atoms with Crippen molar-refractivity contribution in [3.05, 3.63) is 34.9 Å². The molecule has 1 amide bonds. The highest BCUT2D eigenvalue weighted by Crippen LogP contribution is 2.31. The monoisotopic (exact) mass is 338 g/mol. The molecular weight excluding hydrogens is 312 g/mol. The van der Waals surface area contributed by atoms with Crippen LogP contribution in [0.1, 0.15) is 37.9 Å². The number of hydrogen-bond donors (Lipinski definition) is 1. The molecule has 0 aliphatic carbocycles. The van der Waals surface area contributed by atoms with Gasteiger partial charge in [0.2, 0.25) is 5.91 Å². The summed E-state index contributed by atoms with van der Waals surface area (Å²) in [5.74, 6) is 0.400. The van der Waals surface area contributed by atoms with Crippen molar-refractivity contribution < 1.29 is 9.90 Å². The van der Waals surface area contributed by atoms with Gasteiger partial charge < -0.3 is 10.0 Å². The largest absolute Gasteiger partial charge is 0.388 e. The normalized spacial score (nSPS) is 19.0. The van der Waals surface area contributed by atoms with Gasteiger partial charge >= 0.3 is 0 Å². The van der Waals surface area contributed by atoms with E-state index in [-0.39, 0.29) is 17.9 Å². The maximum absolute atomic E-state index is 12.6. The summed E-state index contributed by atoms with van der Waals surface area (Å²) in [5.41, 5.74) is 0.902. The Hall–Kier alpha value is -1.10. The summed E-state index contributed by atoms with van der Waals surface area (Å²) in [6.45, 7) is 3.48. The van der Waals surface area contributed by atoms with Gasteiger partial charge in [0.1, 0.15) is 0 Å². The minimum absolute atomic E-state index is 0.0484. The van der Waals surface area contributed by atoms with E-state index in [1.54, 1.807) is 0 Å². The number of likely N-dealkylation sites (tertiary alicyclic amines) is 1. The quantitative estimate of drug-likeness (QED) is 0.897. The molecule has 0 saturated carbocycles. The number of aliphatic hydroxyl groups is 1. The number of amides is 1. The Kier molecular flexibility index (Phi) is 6.45. The fourth-order valence-electron chi connectivity index (χ4n) is 3.34. The zero-order chi connectivity index (χ0) is 17.0. The molecule has 1 N–H and O–H groups in total. The first-order valence-electron chi connectivity index (χ1n) is 8.32. The third-order valence-corrected chi connectivity index (χ3v) is 5.06. The number of likely N-dealkylation sites (N-methyl/N-ethyl adjacent to an activating group) is 1. The Balaban J connectivity index is 1.93. The van der Waals surface area contributed by atoms with Crippen molar-refractivity contribution in [1.82, 2.24) is 9.80 Å². The van der Waals surface area contributed by atoms with Gasteiger partial charge in [-0.05, 0) is 57.0 Å².